The van der Waals surface area contributed by atoms with E-state index in [1.54, 1.807) is 18.5 Å². The number of rotatable bonds is 6. The molecule has 2 N–H and O–H groups in total. The molecule has 1 aromatic heterocycles. The molecule has 4 rings (SSSR count). The molecule has 0 saturated carbocycles. The van der Waals surface area contributed by atoms with Crippen molar-refractivity contribution in [3.8, 4) is 0 Å². The van der Waals surface area contributed by atoms with Crippen LogP contribution in [0.15, 0.2) is 85.2 Å². The topological polar surface area (TPSA) is 59.0 Å². The van der Waals surface area contributed by atoms with Crippen LogP contribution in [-0.2, 0) is 13.1 Å². The first-order valence-corrected chi connectivity index (χ1v) is 9.43. The van der Waals surface area contributed by atoms with Gasteiger partial charge in [-0.15, -0.1) is 0 Å². The fourth-order valence-electron chi connectivity index (χ4n) is 3.27. The van der Waals surface area contributed by atoms with Gasteiger partial charge in [-0.2, -0.15) is 0 Å². The van der Waals surface area contributed by atoms with E-state index in [1.165, 1.54) is 12.1 Å². The summed E-state index contributed by atoms with van der Waals surface area (Å²) in [7, 11) is 0. The molecule has 0 aliphatic carbocycles. The lowest BCUT2D eigenvalue weighted by atomic mass is 10.1. The minimum atomic E-state index is -0.344. The van der Waals surface area contributed by atoms with Crippen LogP contribution in [0.4, 0.5) is 9.18 Å². The molecule has 29 heavy (non-hydrogen) atoms. The van der Waals surface area contributed by atoms with Gasteiger partial charge >= 0.3 is 6.03 Å². The Bertz CT molecular complexity index is 1090. The van der Waals surface area contributed by atoms with Crippen molar-refractivity contribution in [2.75, 3.05) is 0 Å². The smallest absolute Gasteiger partial charge is 0.315 e. The van der Waals surface area contributed by atoms with E-state index in [-0.39, 0.29) is 17.9 Å². The molecule has 0 fully saturated rings. The Morgan fingerprint density at radius 3 is 2.48 bits per heavy atom. The molecule has 3 aromatic carbocycles. The Hall–Kier alpha value is -3.67. The molecule has 2 amide bonds. The van der Waals surface area contributed by atoms with Crippen LogP contribution >= 0.6 is 0 Å². The summed E-state index contributed by atoms with van der Waals surface area (Å²) in [6.07, 6.45) is 1.75. The van der Waals surface area contributed by atoms with Crippen LogP contribution in [0, 0.1) is 5.82 Å². The molecule has 0 saturated heterocycles. The van der Waals surface area contributed by atoms with Crippen molar-refractivity contribution in [1.29, 1.82) is 0 Å². The molecular formula is C23H21FN4O. The van der Waals surface area contributed by atoms with E-state index >= 15 is 0 Å². The Labute approximate surface area is 168 Å². The maximum absolute atomic E-state index is 13.4. The third-order valence-electron chi connectivity index (χ3n) is 4.78. The van der Waals surface area contributed by atoms with Crippen molar-refractivity contribution >= 4 is 17.1 Å². The van der Waals surface area contributed by atoms with Crippen molar-refractivity contribution in [3.05, 3.63) is 102 Å². The summed E-state index contributed by atoms with van der Waals surface area (Å²) in [4.78, 5) is 16.9. The number of halogens is 1. The Morgan fingerprint density at radius 2 is 1.69 bits per heavy atom. The maximum atomic E-state index is 13.4. The molecule has 0 bridgehead atoms. The first-order chi connectivity index (χ1) is 14.2. The Morgan fingerprint density at radius 1 is 0.966 bits per heavy atom. The fourth-order valence-corrected chi connectivity index (χ4v) is 3.27. The summed E-state index contributed by atoms with van der Waals surface area (Å²) in [5.74, 6) is -0.311. The number of carbonyl (C=O) groups is 1. The van der Waals surface area contributed by atoms with Gasteiger partial charge in [0.25, 0.3) is 0 Å². The molecule has 1 heterocycles. The number of amides is 2. The third kappa shape index (κ3) is 4.60. The summed E-state index contributed by atoms with van der Waals surface area (Å²) < 4.78 is 15.4. The second kappa shape index (κ2) is 8.56. The summed E-state index contributed by atoms with van der Waals surface area (Å²) in [6, 6.07) is 23.1. The number of nitrogens with one attached hydrogen (secondary N) is 2. The largest absolute Gasteiger partial charge is 0.334 e. The van der Waals surface area contributed by atoms with E-state index < -0.39 is 0 Å². The van der Waals surface area contributed by atoms with Gasteiger partial charge < -0.3 is 15.2 Å². The zero-order valence-electron chi connectivity index (χ0n) is 15.8. The first kappa shape index (κ1) is 18.7. The zero-order valence-corrected chi connectivity index (χ0v) is 15.8. The van der Waals surface area contributed by atoms with Crippen molar-refractivity contribution in [2.45, 2.75) is 19.1 Å². The van der Waals surface area contributed by atoms with Crippen molar-refractivity contribution < 1.29 is 9.18 Å². The van der Waals surface area contributed by atoms with Crippen LogP contribution in [0.3, 0.4) is 0 Å². The molecule has 146 valence electrons. The molecule has 0 spiro atoms. The normalized spacial score (nSPS) is 11.9. The predicted molar refractivity (Wildman–Crippen MR) is 111 cm³/mol. The number of nitrogens with zero attached hydrogens (tertiary/aromatic N) is 2. The number of aromatic nitrogens is 2. The fraction of sp³-hybridized carbons (Fsp3) is 0.130. The number of fused-ring (bicyclic) bond motifs is 1. The van der Waals surface area contributed by atoms with E-state index in [0.717, 1.165) is 22.2 Å². The highest BCUT2D eigenvalue weighted by Crippen LogP contribution is 2.20. The van der Waals surface area contributed by atoms with Gasteiger partial charge in [-0.3, -0.25) is 0 Å². The summed E-state index contributed by atoms with van der Waals surface area (Å²) in [5.41, 5.74) is 3.70. The van der Waals surface area contributed by atoms with Gasteiger partial charge in [0.2, 0.25) is 0 Å². The molecule has 6 heteroatoms. The highest BCUT2D eigenvalue weighted by Gasteiger charge is 2.17. The second-order valence-electron chi connectivity index (χ2n) is 6.80. The average Bonchev–Trinajstić information content (AvgIpc) is 3.16. The lowest BCUT2D eigenvalue weighted by Crippen LogP contribution is -2.39. The monoisotopic (exact) mass is 388 g/mol. The van der Waals surface area contributed by atoms with Crippen LogP contribution in [0.25, 0.3) is 11.0 Å². The minimum Gasteiger partial charge on any atom is -0.334 e. The third-order valence-corrected chi connectivity index (χ3v) is 4.78. The van der Waals surface area contributed by atoms with E-state index in [2.05, 4.69) is 15.6 Å². The van der Waals surface area contributed by atoms with Crippen LogP contribution in [0.1, 0.15) is 17.2 Å². The van der Waals surface area contributed by atoms with Gasteiger partial charge in [0.1, 0.15) is 5.82 Å². The average molecular weight is 388 g/mol. The van der Waals surface area contributed by atoms with Crippen molar-refractivity contribution in [1.82, 2.24) is 20.2 Å². The second-order valence-corrected chi connectivity index (χ2v) is 6.80. The minimum absolute atomic E-state index is 0.285. The number of urea groups is 1. The van der Waals surface area contributed by atoms with Crippen LogP contribution < -0.4 is 10.6 Å². The molecule has 1 atom stereocenters. The maximum Gasteiger partial charge on any atom is 0.315 e. The molecule has 0 aliphatic rings. The lowest BCUT2D eigenvalue weighted by molar-refractivity contribution is 0.235. The molecule has 0 radical (unpaired) electrons. The Balaban J connectivity index is 1.52. The lowest BCUT2D eigenvalue weighted by Gasteiger charge is -2.21. The Kier molecular flexibility index (Phi) is 5.52. The number of carbonyl (C=O) groups excluding carboxylic acids is 1. The highest BCUT2D eigenvalue weighted by molar-refractivity contribution is 5.76. The number of benzene rings is 3. The van der Waals surface area contributed by atoms with Gasteiger partial charge in [0, 0.05) is 13.1 Å². The number of imidazole rings is 1. The molecule has 0 unspecified atom stereocenters. The summed E-state index contributed by atoms with van der Waals surface area (Å²) in [5, 5.41) is 5.88. The van der Waals surface area contributed by atoms with E-state index in [9.17, 15) is 9.18 Å². The summed E-state index contributed by atoms with van der Waals surface area (Å²) in [6.45, 7) is 0.904. The van der Waals surface area contributed by atoms with Gasteiger partial charge in [-0.1, -0.05) is 54.6 Å². The van der Waals surface area contributed by atoms with Gasteiger partial charge in [0.05, 0.1) is 23.4 Å². The van der Waals surface area contributed by atoms with E-state index in [1.807, 2.05) is 59.2 Å². The van der Waals surface area contributed by atoms with Crippen molar-refractivity contribution in [3.63, 3.8) is 0 Å². The highest BCUT2D eigenvalue weighted by atomic mass is 19.1. The van der Waals surface area contributed by atoms with Crippen LogP contribution in [-0.4, -0.2) is 15.6 Å². The quantitative estimate of drug-likeness (QED) is 0.514. The molecule has 0 aliphatic heterocycles. The van der Waals surface area contributed by atoms with Crippen LogP contribution in [0.2, 0.25) is 0 Å². The van der Waals surface area contributed by atoms with Crippen LogP contribution in [0.5, 0.6) is 0 Å². The van der Waals surface area contributed by atoms with Gasteiger partial charge in [0.15, 0.2) is 0 Å². The number of hydrogen-bond acceptors (Lipinski definition) is 2. The number of hydrogen-bond donors (Lipinski definition) is 2. The van der Waals surface area contributed by atoms with E-state index in [0.29, 0.717) is 13.1 Å². The molecular weight excluding hydrogens is 367 g/mol. The molecule has 5 nitrogen and oxygen atoms in total. The van der Waals surface area contributed by atoms with Gasteiger partial charge in [-0.25, -0.2) is 14.2 Å². The SMILES string of the molecule is O=C(NCc1ccccc1)N[C@H](Cn1cnc2ccccc21)c1ccc(F)cc1. The first-order valence-electron chi connectivity index (χ1n) is 9.43. The standard InChI is InChI=1S/C23H21FN4O/c24-19-12-10-18(11-13-19)21(15-28-16-26-20-8-4-5-9-22(20)28)27-23(29)25-14-17-6-2-1-3-7-17/h1-13,16,21H,14-15H2,(H2,25,27,29)/t21-/m1/s1. The number of para-hydroxylation sites is 2. The zero-order chi connectivity index (χ0) is 20.1. The van der Waals surface area contributed by atoms with E-state index in [4.69, 9.17) is 0 Å². The predicted octanol–water partition coefficient (Wildman–Crippen LogP) is 4.42. The van der Waals surface area contributed by atoms with Crippen molar-refractivity contribution in [2.24, 2.45) is 0 Å². The molecule has 4 aromatic rings. The summed E-state index contributed by atoms with van der Waals surface area (Å²) >= 11 is 0. The van der Waals surface area contributed by atoms with Gasteiger partial charge in [-0.05, 0) is 35.4 Å².